The molecule has 0 saturated carbocycles. The molecule has 0 heterocycles. The number of ether oxygens (including phenoxy) is 1. The number of carbonyl (C=O) groups excluding carboxylic acids is 2. The summed E-state index contributed by atoms with van der Waals surface area (Å²) in [5, 5.41) is 4.99. The number of hydrogen-bond donors (Lipinski definition) is 2. The lowest BCUT2D eigenvalue weighted by Crippen LogP contribution is -2.11. The molecule has 0 aliphatic rings. The van der Waals surface area contributed by atoms with Gasteiger partial charge in [-0.2, -0.15) is 0 Å². The second-order valence-electron chi connectivity index (χ2n) is 5.17. The monoisotopic (exact) mass is 342 g/mol. The molecule has 2 amide bonds. The molecular weight excluding hydrogens is 323 g/mol. The average molecular weight is 342 g/mol. The zero-order valence-electron chi connectivity index (χ0n) is 14.0. The minimum atomic E-state index is -0.575. The Balaban J connectivity index is 2.09. The number of amides is 2. The summed E-state index contributed by atoms with van der Waals surface area (Å²) < 4.78 is 19.1. The zero-order chi connectivity index (χ0) is 18.2. The molecule has 0 bridgehead atoms. The van der Waals surface area contributed by atoms with Gasteiger partial charge in [0.05, 0.1) is 12.3 Å². The Labute approximate surface area is 145 Å². The van der Waals surface area contributed by atoms with Crippen LogP contribution in [0.3, 0.4) is 0 Å². The van der Waals surface area contributed by atoms with Gasteiger partial charge in [0.2, 0.25) is 11.8 Å². The molecule has 2 rings (SSSR count). The second-order valence-corrected chi connectivity index (χ2v) is 5.17. The fourth-order valence-corrected chi connectivity index (χ4v) is 2.14. The predicted octanol–water partition coefficient (Wildman–Crippen LogP) is 3.83. The van der Waals surface area contributed by atoms with Gasteiger partial charge < -0.3 is 15.4 Å². The molecule has 0 atom stereocenters. The maximum Gasteiger partial charge on any atom is 0.248 e. The van der Waals surface area contributed by atoms with E-state index in [1.54, 1.807) is 6.08 Å². The Morgan fingerprint density at radius 3 is 2.64 bits per heavy atom. The third-order valence-corrected chi connectivity index (χ3v) is 3.18. The Morgan fingerprint density at radius 2 is 1.92 bits per heavy atom. The standard InChI is InChI=1S/C19H19FN2O3/c1-3-25-18-7-5-4-6-14(18)8-11-19(24)22-15-9-10-16(20)17(12-15)21-13(2)23/h4-12H,3H2,1-2H3,(H,21,23)(H,22,24)/b11-8+. The fourth-order valence-electron chi connectivity index (χ4n) is 2.14. The molecule has 0 unspecified atom stereocenters. The third-order valence-electron chi connectivity index (χ3n) is 3.18. The van der Waals surface area contributed by atoms with Crippen molar-refractivity contribution in [3.8, 4) is 5.75 Å². The van der Waals surface area contributed by atoms with Crippen LogP contribution < -0.4 is 15.4 Å². The van der Waals surface area contributed by atoms with Crippen LogP contribution in [0, 0.1) is 5.82 Å². The van der Waals surface area contributed by atoms with Crippen LogP contribution in [-0.4, -0.2) is 18.4 Å². The highest BCUT2D eigenvalue weighted by Gasteiger charge is 2.07. The normalized spacial score (nSPS) is 10.5. The molecule has 0 saturated heterocycles. The Morgan fingerprint density at radius 1 is 1.16 bits per heavy atom. The van der Waals surface area contributed by atoms with Crippen molar-refractivity contribution in [2.45, 2.75) is 13.8 Å². The van der Waals surface area contributed by atoms with Gasteiger partial charge in [0.25, 0.3) is 0 Å². The van der Waals surface area contributed by atoms with Crippen molar-refractivity contribution in [2.75, 3.05) is 17.2 Å². The molecule has 2 aromatic carbocycles. The Bertz CT molecular complexity index is 803. The fraction of sp³-hybridized carbons (Fsp3) is 0.158. The highest BCUT2D eigenvalue weighted by Crippen LogP contribution is 2.21. The molecule has 25 heavy (non-hydrogen) atoms. The van der Waals surface area contributed by atoms with E-state index in [9.17, 15) is 14.0 Å². The van der Waals surface area contributed by atoms with Gasteiger partial charge in [-0.1, -0.05) is 18.2 Å². The summed E-state index contributed by atoms with van der Waals surface area (Å²) in [7, 11) is 0. The Hall–Kier alpha value is -3.15. The molecule has 0 spiro atoms. The lowest BCUT2D eigenvalue weighted by Gasteiger charge is -2.08. The van der Waals surface area contributed by atoms with Crippen LogP contribution in [0.2, 0.25) is 0 Å². The van der Waals surface area contributed by atoms with Crippen LogP contribution in [0.15, 0.2) is 48.5 Å². The van der Waals surface area contributed by atoms with Crippen molar-refractivity contribution in [2.24, 2.45) is 0 Å². The molecule has 6 heteroatoms. The van der Waals surface area contributed by atoms with Crippen molar-refractivity contribution in [1.82, 2.24) is 0 Å². The first-order valence-corrected chi connectivity index (χ1v) is 7.77. The number of anilines is 2. The second kappa shape index (κ2) is 8.63. The van der Waals surface area contributed by atoms with Gasteiger partial charge >= 0.3 is 0 Å². The van der Waals surface area contributed by atoms with Crippen molar-refractivity contribution in [3.63, 3.8) is 0 Å². The van der Waals surface area contributed by atoms with Crippen LogP contribution in [0.4, 0.5) is 15.8 Å². The van der Waals surface area contributed by atoms with E-state index >= 15 is 0 Å². The van der Waals surface area contributed by atoms with Gasteiger partial charge in [-0.15, -0.1) is 0 Å². The SMILES string of the molecule is CCOc1ccccc1/C=C/C(=O)Nc1ccc(F)c(NC(C)=O)c1. The molecule has 0 radical (unpaired) electrons. The van der Waals surface area contributed by atoms with Crippen LogP contribution in [0.1, 0.15) is 19.4 Å². The smallest absolute Gasteiger partial charge is 0.248 e. The van der Waals surface area contributed by atoms with Crippen molar-refractivity contribution >= 4 is 29.3 Å². The summed E-state index contributed by atoms with van der Waals surface area (Å²) in [6, 6.07) is 11.3. The maximum atomic E-state index is 13.6. The minimum absolute atomic E-state index is 0.0102. The molecule has 0 aliphatic carbocycles. The molecule has 0 aromatic heterocycles. The molecule has 2 aromatic rings. The highest BCUT2D eigenvalue weighted by molar-refractivity contribution is 6.02. The lowest BCUT2D eigenvalue weighted by atomic mass is 10.2. The van der Waals surface area contributed by atoms with E-state index in [2.05, 4.69) is 10.6 Å². The summed E-state index contributed by atoms with van der Waals surface area (Å²) in [5.41, 5.74) is 1.16. The molecule has 0 fully saturated rings. The van der Waals surface area contributed by atoms with E-state index < -0.39 is 11.7 Å². The number of benzene rings is 2. The zero-order valence-corrected chi connectivity index (χ0v) is 14.0. The quantitative estimate of drug-likeness (QED) is 0.784. The predicted molar refractivity (Wildman–Crippen MR) is 96.0 cm³/mol. The van der Waals surface area contributed by atoms with Gasteiger partial charge in [0.15, 0.2) is 0 Å². The number of nitrogens with one attached hydrogen (secondary N) is 2. The summed E-state index contributed by atoms with van der Waals surface area (Å²) in [5.74, 6) is -0.667. The number of hydrogen-bond acceptors (Lipinski definition) is 3. The van der Waals surface area contributed by atoms with Gasteiger partial charge in [-0.05, 0) is 37.3 Å². The van der Waals surface area contributed by atoms with E-state index in [-0.39, 0.29) is 11.6 Å². The number of halogens is 1. The summed E-state index contributed by atoms with van der Waals surface area (Å²) in [4.78, 5) is 23.1. The van der Waals surface area contributed by atoms with Gasteiger partial charge in [0, 0.05) is 24.3 Å². The first-order valence-electron chi connectivity index (χ1n) is 7.77. The first-order chi connectivity index (χ1) is 12.0. The van der Waals surface area contributed by atoms with Crippen molar-refractivity contribution < 1.29 is 18.7 Å². The first kappa shape index (κ1) is 18.2. The molecule has 2 N–H and O–H groups in total. The van der Waals surface area contributed by atoms with Crippen LogP contribution in [0.5, 0.6) is 5.75 Å². The number of carbonyl (C=O) groups is 2. The number of rotatable bonds is 6. The lowest BCUT2D eigenvalue weighted by molar-refractivity contribution is -0.114. The van der Waals surface area contributed by atoms with E-state index in [1.165, 1.54) is 31.2 Å². The van der Waals surface area contributed by atoms with Crippen LogP contribution in [-0.2, 0) is 9.59 Å². The van der Waals surface area contributed by atoms with Gasteiger partial charge in [-0.25, -0.2) is 4.39 Å². The largest absolute Gasteiger partial charge is 0.493 e. The molecule has 0 aliphatic heterocycles. The van der Waals surface area contributed by atoms with Crippen LogP contribution in [0.25, 0.3) is 6.08 Å². The van der Waals surface area contributed by atoms with Crippen molar-refractivity contribution in [1.29, 1.82) is 0 Å². The molecule has 130 valence electrons. The molecule has 5 nitrogen and oxygen atoms in total. The third kappa shape index (κ3) is 5.46. The molecular formula is C19H19FN2O3. The Kier molecular flexibility index (Phi) is 6.28. The van der Waals surface area contributed by atoms with Crippen LogP contribution >= 0.6 is 0 Å². The maximum absolute atomic E-state index is 13.6. The van der Waals surface area contributed by atoms with Crippen molar-refractivity contribution in [3.05, 3.63) is 59.9 Å². The minimum Gasteiger partial charge on any atom is -0.493 e. The summed E-state index contributed by atoms with van der Waals surface area (Å²) in [6.07, 6.45) is 3.00. The number of para-hydroxylation sites is 1. The van der Waals surface area contributed by atoms with Gasteiger partial charge in [0.1, 0.15) is 11.6 Å². The van der Waals surface area contributed by atoms with E-state index in [4.69, 9.17) is 4.74 Å². The van der Waals surface area contributed by atoms with E-state index in [0.29, 0.717) is 18.0 Å². The van der Waals surface area contributed by atoms with Gasteiger partial charge in [-0.3, -0.25) is 9.59 Å². The topological polar surface area (TPSA) is 67.4 Å². The average Bonchev–Trinajstić information content (AvgIpc) is 2.57. The summed E-state index contributed by atoms with van der Waals surface area (Å²) in [6.45, 7) is 3.69. The van der Waals surface area contributed by atoms with E-state index in [1.807, 2.05) is 31.2 Å². The summed E-state index contributed by atoms with van der Waals surface area (Å²) >= 11 is 0. The van der Waals surface area contributed by atoms with E-state index in [0.717, 1.165) is 5.56 Å². The highest BCUT2D eigenvalue weighted by atomic mass is 19.1.